The fourth-order valence-electron chi connectivity index (χ4n) is 2.27. The second kappa shape index (κ2) is 4.35. The van der Waals surface area contributed by atoms with Crippen molar-refractivity contribution in [3.63, 3.8) is 0 Å². The summed E-state index contributed by atoms with van der Waals surface area (Å²) < 4.78 is 5.19. The normalized spacial score (nSPS) is 18.2. The molecular formula is C14H19NO3. The van der Waals surface area contributed by atoms with Gasteiger partial charge in [0.15, 0.2) is 0 Å². The summed E-state index contributed by atoms with van der Waals surface area (Å²) in [5.41, 5.74) is 1.94. The summed E-state index contributed by atoms with van der Waals surface area (Å²) in [6.07, 6.45) is 0. The SMILES string of the molecule is CC(C)(C)c1ccc(C2(C[N+](=O)[O-])COC2)cc1. The molecule has 0 spiro atoms. The van der Waals surface area contributed by atoms with Gasteiger partial charge in [0.1, 0.15) is 5.41 Å². The second-order valence-corrected chi connectivity index (χ2v) is 6.09. The first kappa shape index (κ1) is 13.0. The van der Waals surface area contributed by atoms with Crippen LogP contribution in [0, 0.1) is 10.1 Å². The molecule has 0 atom stereocenters. The molecule has 0 unspecified atom stereocenters. The van der Waals surface area contributed by atoms with E-state index in [1.165, 1.54) is 5.56 Å². The fourth-order valence-corrected chi connectivity index (χ4v) is 2.27. The van der Waals surface area contributed by atoms with Crippen molar-refractivity contribution in [3.8, 4) is 0 Å². The van der Waals surface area contributed by atoms with Crippen molar-refractivity contribution >= 4 is 0 Å². The molecule has 0 N–H and O–H groups in total. The third kappa shape index (κ3) is 2.38. The minimum absolute atomic E-state index is 0.0537. The van der Waals surface area contributed by atoms with Gasteiger partial charge in [0.05, 0.1) is 13.2 Å². The van der Waals surface area contributed by atoms with Crippen LogP contribution >= 0.6 is 0 Å². The van der Waals surface area contributed by atoms with Gasteiger partial charge >= 0.3 is 0 Å². The van der Waals surface area contributed by atoms with Crippen LogP contribution in [0.25, 0.3) is 0 Å². The first-order valence-corrected chi connectivity index (χ1v) is 6.14. The zero-order valence-electron chi connectivity index (χ0n) is 11.1. The van der Waals surface area contributed by atoms with Crippen LogP contribution in [0.2, 0.25) is 0 Å². The van der Waals surface area contributed by atoms with E-state index in [1.54, 1.807) is 0 Å². The summed E-state index contributed by atoms with van der Waals surface area (Å²) in [5, 5.41) is 10.8. The zero-order chi connectivity index (χ0) is 13.4. The minimum Gasteiger partial charge on any atom is -0.379 e. The maximum atomic E-state index is 10.8. The number of nitrogens with zero attached hydrogens (tertiary/aromatic N) is 1. The maximum absolute atomic E-state index is 10.8. The van der Waals surface area contributed by atoms with Crippen molar-refractivity contribution < 1.29 is 9.66 Å². The van der Waals surface area contributed by atoms with Gasteiger partial charge in [-0.15, -0.1) is 0 Å². The Labute approximate surface area is 107 Å². The molecule has 0 radical (unpaired) electrons. The standard InChI is InChI=1S/C14H19NO3/c1-13(2,3)11-4-6-12(7-5-11)14(8-15(16)17)9-18-10-14/h4-7H,8-10H2,1-3H3. The van der Waals surface area contributed by atoms with Crippen molar-refractivity contribution in [1.29, 1.82) is 0 Å². The van der Waals surface area contributed by atoms with Crippen LogP contribution in [0.15, 0.2) is 24.3 Å². The molecule has 1 aliphatic heterocycles. The molecule has 2 rings (SSSR count). The second-order valence-electron chi connectivity index (χ2n) is 6.09. The minimum atomic E-state index is -0.417. The number of ether oxygens (including phenoxy) is 1. The van der Waals surface area contributed by atoms with E-state index >= 15 is 0 Å². The van der Waals surface area contributed by atoms with E-state index in [4.69, 9.17) is 4.74 Å². The first-order valence-electron chi connectivity index (χ1n) is 6.14. The third-order valence-corrected chi connectivity index (χ3v) is 3.55. The summed E-state index contributed by atoms with van der Waals surface area (Å²) >= 11 is 0. The van der Waals surface area contributed by atoms with Crippen LogP contribution < -0.4 is 0 Å². The molecular weight excluding hydrogens is 230 g/mol. The lowest BCUT2D eigenvalue weighted by molar-refractivity contribution is -0.498. The van der Waals surface area contributed by atoms with Crippen LogP contribution in [0.4, 0.5) is 0 Å². The predicted octanol–water partition coefficient (Wildman–Crippen LogP) is 2.53. The maximum Gasteiger partial charge on any atom is 0.217 e. The van der Waals surface area contributed by atoms with Crippen molar-refractivity contribution in [2.75, 3.05) is 19.8 Å². The smallest absolute Gasteiger partial charge is 0.217 e. The number of rotatable bonds is 3. The van der Waals surface area contributed by atoms with Crippen molar-refractivity contribution in [2.24, 2.45) is 0 Å². The Morgan fingerprint density at radius 3 is 2.17 bits per heavy atom. The Morgan fingerprint density at radius 1 is 1.28 bits per heavy atom. The fraction of sp³-hybridized carbons (Fsp3) is 0.571. The number of hydrogen-bond donors (Lipinski definition) is 0. The summed E-state index contributed by atoms with van der Waals surface area (Å²) in [7, 11) is 0. The highest BCUT2D eigenvalue weighted by atomic mass is 16.6. The number of benzene rings is 1. The van der Waals surface area contributed by atoms with E-state index in [9.17, 15) is 10.1 Å². The van der Waals surface area contributed by atoms with Gasteiger partial charge in [-0.05, 0) is 16.5 Å². The molecule has 1 saturated heterocycles. The van der Waals surface area contributed by atoms with Gasteiger partial charge in [-0.3, -0.25) is 10.1 Å². The Bertz CT molecular complexity index is 441. The van der Waals surface area contributed by atoms with Gasteiger partial charge < -0.3 is 4.74 Å². The highest BCUT2D eigenvalue weighted by molar-refractivity contribution is 5.34. The first-order chi connectivity index (χ1) is 8.33. The zero-order valence-corrected chi connectivity index (χ0v) is 11.1. The summed E-state index contributed by atoms with van der Waals surface area (Å²) in [6, 6.07) is 8.14. The number of hydrogen-bond acceptors (Lipinski definition) is 3. The topological polar surface area (TPSA) is 52.4 Å². The lowest BCUT2D eigenvalue weighted by Crippen LogP contribution is -2.51. The van der Waals surface area contributed by atoms with Gasteiger partial charge in [0, 0.05) is 4.92 Å². The highest BCUT2D eigenvalue weighted by Gasteiger charge is 2.45. The van der Waals surface area contributed by atoms with Gasteiger partial charge in [0.25, 0.3) is 0 Å². The summed E-state index contributed by atoms with van der Waals surface area (Å²) in [5.74, 6) is 0. The molecule has 0 aromatic heterocycles. The number of nitro groups is 1. The van der Waals surface area contributed by atoms with E-state index in [1.807, 2.05) is 12.1 Å². The molecule has 0 saturated carbocycles. The monoisotopic (exact) mass is 249 g/mol. The Balaban J connectivity index is 2.25. The molecule has 4 heteroatoms. The largest absolute Gasteiger partial charge is 0.379 e. The molecule has 1 aromatic rings. The molecule has 98 valence electrons. The van der Waals surface area contributed by atoms with E-state index in [0.717, 1.165) is 5.56 Å². The Kier molecular flexibility index (Phi) is 3.15. The Morgan fingerprint density at radius 2 is 1.83 bits per heavy atom. The lowest BCUT2D eigenvalue weighted by atomic mass is 9.77. The van der Waals surface area contributed by atoms with Gasteiger partial charge in [-0.2, -0.15) is 0 Å². The highest BCUT2D eigenvalue weighted by Crippen LogP contribution is 2.34. The van der Waals surface area contributed by atoms with E-state index in [2.05, 4.69) is 32.9 Å². The quantitative estimate of drug-likeness (QED) is 0.611. The van der Waals surface area contributed by atoms with Gasteiger partial charge in [0.2, 0.25) is 6.54 Å². The molecule has 1 fully saturated rings. The van der Waals surface area contributed by atoms with E-state index in [-0.39, 0.29) is 16.9 Å². The third-order valence-electron chi connectivity index (χ3n) is 3.55. The molecule has 0 amide bonds. The summed E-state index contributed by atoms with van der Waals surface area (Å²) in [6.45, 7) is 7.30. The molecule has 1 aromatic carbocycles. The average Bonchev–Trinajstić information content (AvgIpc) is 2.22. The Hall–Kier alpha value is -1.42. The van der Waals surface area contributed by atoms with Crippen LogP contribution in [0.1, 0.15) is 31.9 Å². The summed E-state index contributed by atoms with van der Waals surface area (Å²) in [4.78, 5) is 10.5. The van der Waals surface area contributed by atoms with Crippen molar-refractivity contribution in [2.45, 2.75) is 31.6 Å². The predicted molar refractivity (Wildman–Crippen MR) is 69.5 cm³/mol. The molecule has 1 aliphatic rings. The molecule has 0 aliphatic carbocycles. The van der Waals surface area contributed by atoms with Gasteiger partial charge in [-0.1, -0.05) is 45.0 Å². The van der Waals surface area contributed by atoms with Crippen LogP contribution in [0.3, 0.4) is 0 Å². The molecule has 0 bridgehead atoms. The van der Waals surface area contributed by atoms with E-state index < -0.39 is 5.41 Å². The molecule has 1 heterocycles. The van der Waals surface area contributed by atoms with Crippen molar-refractivity contribution in [1.82, 2.24) is 0 Å². The average molecular weight is 249 g/mol. The molecule has 18 heavy (non-hydrogen) atoms. The van der Waals surface area contributed by atoms with Gasteiger partial charge in [-0.25, -0.2) is 0 Å². The van der Waals surface area contributed by atoms with E-state index in [0.29, 0.717) is 13.2 Å². The lowest BCUT2D eigenvalue weighted by Gasteiger charge is -2.38. The van der Waals surface area contributed by atoms with Crippen molar-refractivity contribution in [3.05, 3.63) is 45.5 Å². The van der Waals surface area contributed by atoms with Crippen LogP contribution in [0.5, 0.6) is 0 Å². The van der Waals surface area contributed by atoms with Crippen LogP contribution in [-0.2, 0) is 15.6 Å². The van der Waals surface area contributed by atoms with Crippen LogP contribution in [-0.4, -0.2) is 24.7 Å². The molecule has 4 nitrogen and oxygen atoms in total.